The van der Waals surface area contributed by atoms with E-state index in [2.05, 4.69) is 5.32 Å². The molecule has 2 rings (SSSR count). The predicted octanol–water partition coefficient (Wildman–Crippen LogP) is 1.91. The van der Waals surface area contributed by atoms with Crippen LogP contribution in [0.3, 0.4) is 0 Å². The molecular weight excluding hydrogens is 306 g/mol. The number of rotatable bonds is 4. The number of aromatic carboxylic acids is 1. The number of hydrogen-bond acceptors (Lipinski definition) is 4. The molecule has 7 heteroatoms. The van der Waals surface area contributed by atoms with Crippen LogP contribution in [0.2, 0.25) is 0 Å². The number of amides is 1. The molecule has 0 aromatic heterocycles. The summed E-state index contributed by atoms with van der Waals surface area (Å²) >= 11 is 0. The van der Waals surface area contributed by atoms with Crippen molar-refractivity contribution in [2.24, 2.45) is 0 Å². The molecule has 1 aromatic rings. The molecule has 1 amide bonds. The molecule has 0 bridgehead atoms. The van der Waals surface area contributed by atoms with Crippen LogP contribution >= 0.6 is 0 Å². The van der Waals surface area contributed by atoms with Gasteiger partial charge in [-0.15, -0.1) is 0 Å². The van der Waals surface area contributed by atoms with Crippen LogP contribution in [0.15, 0.2) is 12.1 Å². The van der Waals surface area contributed by atoms with Gasteiger partial charge in [-0.25, -0.2) is 13.2 Å². The average molecular weight is 325 g/mol. The normalized spacial score (nSPS) is 16.7. The SMILES string of the molecule is Cc1cc(C)c(C(=O)O)cc1NC(=O)C1(S(C)(=O)=O)CCC1. The quantitative estimate of drug-likeness (QED) is 0.880. The Morgan fingerprint density at radius 2 is 1.77 bits per heavy atom. The summed E-state index contributed by atoms with van der Waals surface area (Å²) in [6.07, 6.45) is 2.35. The maximum Gasteiger partial charge on any atom is 0.336 e. The highest BCUT2D eigenvalue weighted by Gasteiger charge is 2.52. The number of aryl methyl sites for hydroxylation is 2. The van der Waals surface area contributed by atoms with Crippen LogP contribution in [-0.2, 0) is 14.6 Å². The van der Waals surface area contributed by atoms with Crippen molar-refractivity contribution < 1.29 is 23.1 Å². The number of anilines is 1. The van der Waals surface area contributed by atoms with Crippen LogP contribution in [0.4, 0.5) is 5.69 Å². The van der Waals surface area contributed by atoms with Crippen molar-refractivity contribution in [3.63, 3.8) is 0 Å². The lowest BCUT2D eigenvalue weighted by Gasteiger charge is -2.38. The standard InChI is InChI=1S/C15H19NO5S/c1-9-7-10(2)12(8-11(9)13(17)18)16-14(19)15(5-4-6-15)22(3,20)21/h7-8H,4-6H2,1-3H3,(H,16,19)(H,17,18). The van der Waals surface area contributed by atoms with Crippen molar-refractivity contribution in [1.82, 2.24) is 0 Å². The lowest BCUT2D eigenvalue weighted by atomic mass is 9.83. The molecule has 120 valence electrons. The van der Waals surface area contributed by atoms with E-state index in [1.54, 1.807) is 19.9 Å². The van der Waals surface area contributed by atoms with E-state index in [1.165, 1.54) is 6.07 Å². The minimum absolute atomic E-state index is 0.0860. The van der Waals surface area contributed by atoms with Gasteiger partial charge in [0.1, 0.15) is 0 Å². The maximum atomic E-state index is 12.4. The van der Waals surface area contributed by atoms with Gasteiger partial charge in [0.05, 0.1) is 5.56 Å². The molecule has 2 N–H and O–H groups in total. The van der Waals surface area contributed by atoms with Crippen molar-refractivity contribution in [3.8, 4) is 0 Å². The van der Waals surface area contributed by atoms with Crippen LogP contribution in [0, 0.1) is 13.8 Å². The van der Waals surface area contributed by atoms with E-state index in [-0.39, 0.29) is 5.56 Å². The number of benzene rings is 1. The minimum atomic E-state index is -3.52. The summed E-state index contributed by atoms with van der Waals surface area (Å²) in [6, 6.07) is 3.03. The summed E-state index contributed by atoms with van der Waals surface area (Å²) in [7, 11) is -3.52. The van der Waals surface area contributed by atoms with E-state index in [1.807, 2.05) is 0 Å². The summed E-state index contributed by atoms with van der Waals surface area (Å²) in [5.41, 5.74) is 1.70. The Morgan fingerprint density at radius 1 is 1.18 bits per heavy atom. The number of hydrogen-bond donors (Lipinski definition) is 2. The first-order chi connectivity index (χ1) is 10.1. The third kappa shape index (κ3) is 2.61. The Kier molecular flexibility index (Phi) is 4.04. The van der Waals surface area contributed by atoms with Gasteiger partial charge >= 0.3 is 5.97 Å². The predicted molar refractivity (Wildman–Crippen MR) is 82.9 cm³/mol. The second-order valence-electron chi connectivity index (χ2n) is 5.86. The summed E-state index contributed by atoms with van der Waals surface area (Å²) in [4.78, 5) is 23.6. The molecule has 6 nitrogen and oxygen atoms in total. The zero-order valence-corrected chi connectivity index (χ0v) is 13.6. The molecule has 0 radical (unpaired) electrons. The van der Waals surface area contributed by atoms with Crippen LogP contribution < -0.4 is 5.32 Å². The maximum absolute atomic E-state index is 12.4. The summed E-state index contributed by atoms with van der Waals surface area (Å²) in [6.45, 7) is 3.41. The molecule has 0 heterocycles. The molecule has 1 saturated carbocycles. The number of carboxylic acids is 1. The van der Waals surface area contributed by atoms with Gasteiger partial charge < -0.3 is 10.4 Å². The lowest BCUT2D eigenvalue weighted by molar-refractivity contribution is -0.120. The van der Waals surface area contributed by atoms with Crippen molar-refractivity contribution in [2.45, 2.75) is 37.9 Å². The molecule has 1 aliphatic carbocycles. The Morgan fingerprint density at radius 3 is 2.18 bits per heavy atom. The van der Waals surface area contributed by atoms with Crippen LogP contribution in [0.1, 0.15) is 40.7 Å². The average Bonchev–Trinajstić information content (AvgIpc) is 2.28. The molecule has 1 aromatic carbocycles. The number of sulfone groups is 1. The van der Waals surface area contributed by atoms with Gasteiger partial charge in [-0.3, -0.25) is 4.79 Å². The van der Waals surface area contributed by atoms with Crippen molar-refractivity contribution in [3.05, 3.63) is 28.8 Å². The van der Waals surface area contributed by atoms with Crippen LogP contribution in [0.25, 0.3) is 0 Å². The topological polar surface area (TPSA) is 101 Å². The molecule has 0 saturated heterocycles. The highest BCUT2D eigenvalue weighted by Crippen LogP contribution is 2.40. The van der Waals surface area contributed by atoms with E-state index in [9.17, 15) is 18.0 Å². The fraction of sp³-hybridized carbons (Fsp3) is 0.467. The largest absolute Gasteiger partial charge is 0.478 e. The van der Waals surface area contributed by atoms with Crippen molar-refractivity contribution in [2.75, 3.05) is 11.6 Å². The van der Waals surface area contributed by atoms with Gasteiger partial charge in [-0.1, -0.05) is 6.07 Å². The third-order valence-electron chi connectivity index (χ3n) is 4.33. The monoisotopic (exact) mass is 325 g/mol. The van der Waals surface area contributed by atoms with Crippen LogP contribution in [0.5, 0.6) is 0 Å². The number of nitrogens with one attached hydrogen (secondary N) is 1. The Labute approximate surface area is 129 Å². The van der Waals surface area contributed by atoms with Crippen molar-refractivity contribution >= 4 is 27.4 Å². The van der Waals surface area contributed by atoms with Gasteiger partial charge in [0, 0.05) is 11.9 Å². The Balaban J connectivity index is 2.37. The third-order valence-corrected chi connectivity index (χ3v) is 6.35. The molecule has 0 atom stereocenters. The first kappa shape index (κ1) is 16.5. The van der Waals surface area contributed by atoms with Gasteiger partial charge in [0.2, 0.25) is 5.91 Å². The summed E-state index contributed by atoms with van der Waals surface area (Å²) < 4.78 is 22.5. The van der Waals surface area contributed by atoms with Crippen LogP contribution in [-0.4, -0.2) is 36.4 Å². The minimum Gasteiger partial charge on any atom is -0.478 e. The number of carboxylic acid groups (broad SMARTS) is 1. The first-order valence-corrected chi connectivity index (χ1v) is 8.83. The van der Waals surface area contributed by atoms with Gasteiger partial charge in [0.15, 0.2) is 14.6 Å². The highest BCUT2D eigenvalue weighted by molar-refractivity contribution is 7.93. The second kappa shape index (κ2) is 5.39. The molecule has 22 heavy (non-hydrogen) atoms. The van der Waals surface area contributed by atoms with E-state index in [4.69, 9.17) is 5.11 Å². The highest BCUT2D eigenvalue weighted by atomic mass is 32.2. The van der Waals surface area contributed by atoms with E-state index in [0.29, 0.717) is 36.1 Å². The Hall–Kier alpha value is -1.89. The van der Waals surface area contributed by atoms with E-state index < -0.39 is 26.5 Å². The van der Waals surface area contributed by atoms with Gasteiger partial charge in [-0.2, -0.15) is 0 Å². The fourth-order valence-corrected chi connectivity index (χ4v) is 4.14. The molecule has 0 aliphatic heterocycles. The molecular formula is C15H19NO5S. The zero-order chi connectivity index (χ0) is 16.7. The molecule has 0 unspecified atom stereocenters. The number of carbonyl (C=O) groups excluding carboxylic acids is 1. The first-order valence-electron chi connectivity index (χ1n) is 6.94. The molecule has 1 fully saturated rings. The zero-order valence-electron chi connectivity index (χ0n) is 12.8. The number of carbonyl (C=O) groups is 2. The van der Waals surface area contributed by atoms with E-state index in [0.717, 1.165) is 6.26 Å². The fourth-order valence-electron chi connectivity index (χ4n) is 2.72. The lowest BCUT2D eigenvalue weighted by Crippen LogP contribution is -2.54. The van der Waals surface area contributed by atoms with Crippen molar-refractivity contribution in [1.29, 1.82) is 0 Å². The van der Waals surface area contributed by atoms with E-state index >= 15 is 0 Å². The summed E-state index contributed by atoms with van der Waals surface area (Å²) in [5.74, 6) is -1.67. The second-order valence-corrected chi connectivity index (χ2v) is 8.19. The smallest absolute Gasteiger partial charge is 0.336 e. The van der Waals surface area contributed by atoms with Gasteiger partial charge in [0.25, 0.3) is 0 Å². The van der Waals surface area contributed by atoms with Gasteiger partial charge in [-0.05, 0) is 50.3 Å². The molecule has 1 aliphatic rings. The summed E-state index contributed by atoms with van der Waals surface area (Å²) in [5, 5.41) is 11.8. The molecule has 0 spiro atoms. The Bertz CT molecular complexity index is 747.